The van der Waals surface area contributed by atoms with E-state index < -0.39 is 0 Å². The number of nitrogens with zero attached hydrogens (tertiary/aromatic N) is 1. The first kappa shape index (κ1) is 11.2. The van der Waals surface area contributed by atoms with Gasteiger partial charge in [0.25, 0.3) is 0 Å². The SMILES string of the molecule is CN1CCCC1CNC1Cc2ccccc2C1. The van der Waals surface area contributed by atoms with E-state index in [0.29, 0.717) is 6.04 Å². The Hall–Kier alpha value is -0.860. The fourth-order valence-electron chi connectivity index (χ4n) is 3.24. The third-order valence-corrected chi connectivity index (χ3v) is 4.36. The number of nitrogens with one attached hydrogen (secondary N) is 1. The minimum absolute atomic E-state index is 0.668. The minimum Gasteiger partial charge on any atom is -0.312 e. The molecule has 2 nitrogen and oxygen atoms in total. The molecule has 0 aromatic heterocycles. The van der Waals surface area contributed by atoms with E-state index in [4.69, 9.17) is 0 Å². The van der Waals surface area contributed by atoms with E-state index >= 15 is 0 Å². The van der Waals surface area contributed by atoms with Crippen LogP contribution in [0.5, 0.6) is 0 Å². The maximum atomic E-state index is 3.76. The van der Waals surface area contributed by atoms with E-state index in [0.717, 1.165) is 12.6 Å². The Morgan fingerprint density at radius 3 is 2.53 bits per heavy atom. The molecule has 1 saturated heterocycles. The van der Waals surface area contributed by atoms with Crippen LogP contribution in [0.3, 0.4) is 0 Å². The van der Waals surface area contributed by atoms with Gasteiger partial charge in [0.1, 0.15) is 0 Å². The number of hydrogen-bond acceptors (Lipinski definition) is 2. The Morgan fingerprint density at radius 1 is 1.24 bits per heavy atom. The zero-order valence-corrected chi connectivity index (χ0v) is 10.7. The van der Waals surface area contributed by atoms with E-state index in [1.807, 2.05) is 0 Å². The highest BCUT2D eigenvalue weighted by molar-refractivity contribution is 5.33. The van der Waals surface area contributed by atoms with Crippen molar-refractivity contribution in [2.24, 2.45) is 0 Å². The van der Waals surface area contributed by atoms with Crippen LogP contribution in [0.25, 0.3) is 0 Å². The van der Waals surface area contributed by atoms with Crippen LogP contribution >= 0.6 is 0 Å². The molecule has 0 saturated carbocycles. The summed E-state index contributed by atoms with van der Waals surface area (Å²) in [6, 6.07) is 10.3. The van der Waals surface area contributed by atoms with Gasteiger partial charge in [-0.2, -0.15) is 0 Å². The van der Waals surface area contributed by atoms with Crippen LogP contribution in [0.1, 0.15) is 24.0 Å². The minimum atomic E-state index is 0.668. The summed E-state index contributed by atoms with van der Waals surface area (Å²) in [5.74, 6) is 0. The molecule has 1 aliphatic carbocycles. The monoisotopic (exact) mass is 230 g/mol. The van der Waals surface area contributed by atoms with Gasteiger partial charge in [0.2, 0.25) is 0 Å². The molecule has 1 unspecified atom stereocenters. The fourth-order valence-corrected chi connectivity index (χ4v) is 3.24. The second-order valence-electron chi connectivity index (χ2n) is 5.56. The van der Waals surface area contributed by atoms with Crippen LogP contribution in [0, 0.1) is 0 Å². The van der Waals surface area contributed by atoms with Gasteiger partial charge in [0, 0.05) is 18.6 Å². The van der Waals surface area contributed by atoms with Crippen LogP contribution in [0.2, 0.25) is 0 Å². The van der Waals surface area contributed by atoms with Crippen LogP contribution in [-0.2, 0) is 12.8 Å². The molecule has 1 aliphatic heterocycles. The molecule has 0 bridgehead atoms. The highest BCUT2D eigenvalue weighted by Crippen LogP contribution is 2.22. The molecule has 0 radical (unpaired) electrons. The summed E-state index contributed by atoms with van der Waals surface area (Å²) < 4.78 is 0. The van der Waals surface area contributed by atoms with E-state index in [1.54, 1.807) is 11.1 Å². The lowest BCUT2D eigenvalue weighted by atomic mass is 10.1. The maximum Gasteiger partial charge on any atom is 0.0218 e. The maximum absolute atomic E-state index is 3.76. The lowest BCUT2D eigenvalue weighted by Crippen LogP contribution is -2.40. The molecule has 1 heterocycles. The van der Waals surface area contributed by atoms with Crippen LogP contribution < -0.4 is 5.32 Å². The fraction of sp³-hybridized carbons (Fsp3) is 0.600. The molecular formula is C15H22N2. The second kappa shape index (κ2) is 4.79. The van der Waals surface area contributed by atoms with Crippen LogP contribution in [-0.4, -0.2) is 37.1 Å². The first-order valence-corrected chi connectivity index (χ1v) is 6.83. The van der Waals surface area contributed by atoms with Gasteiger partial charge in [-0.15, -0.1) is 0 Å². The van der Waals surface area contributed by atoms with Crippen molar-refractivity contribution < 1.29 is 0 Å². The molecule has 2 heteroatoms. The Kier molecular flexibility index (Phi) is 3.17. The summed E-state index contributed by atoms with van der Waals surface area (Å²) in [5, 5.41) is 3.76. The number of rotatable bonds is 3. The van der Waals surface area contributed by atoms with Gasteiger partial charge in [-0.3, -0.25) is 0 Å². The molecule has 3 rings (SSSR count). The van der Waals surface area contributed by atoms with Crippen molar-refractivity contribution in [1.29, 1.82) is 0 Å². The van der Waals surface area contributed by atoms with Gasteiger partial charge in [0.05, 0.1) is 0 Å². The third kappa shape index (κ3) is 2.38. The van der Waals surface area contributed by atoms with Crippen molar-refractivity contribution in [2.45, 2.75) is 37.8 Å². The molecule has 1 aromatic carbocycles. The molecular weight excluding hydrogens is 208 g/mol. The van der Waals surface area contributed by atoms with E-state index in [9.17, 15) is 0 Å². The number of likely N-dealkylation sites (tertiary alicyclic amines) is 1. The molecule has 0 amide bonds. The largest absolute Gasteiger partial charge is 0.312 e. The van der Waals surface area contributed by atoms with Gasteiger partial charge in [-0.25, -0.2) is 0 Å². The Labute approximate surface area is 104 Å². The Bertz CT molecular complexity index is 363. The molecule has 1 N–H and O–H groups in total. The van der Waals surface area contributed by atoms with Gasteiger partial charge < -0.3 is 10.2 Å². The normalized spacial score (nSPS) is 25.4. The number of likely N-dealkylation sites (N-methyl/N-ethyl adjacent to an activating group) is 1. The summed E-state index contributed by atoms with van der Waals surface area (Å²) in [6.07, 6.45) is 5.16. The van der Waals surface area contributed by atoms with Gasteiger partial charge in [0.15, 0.2) is 0 Å². The average Bonchev–Trinajstić information content (AvgIpc) is 2.92. The Balaban J connectivity index is 1.52. The summed E-state index contributed by atoms with van der Waals surface area (Å²) in [4.78, 5) is 2.50. The topological polar surface area (TPSA) is 15.3 Å². The average molecular weight is 230 g/mol. The van der Waals surface area contributed by atoms with Crippen molar-refractivity contribution in [2.75, 3.05) is 20.1 Å². The van der Waals surface area contributed by atoms with Gasteiger partial charge in [-0.1, -0.05) is 24.3 Å². The highest BCUT2D eigenvalue weighted by atomic mass is 15.2. The van der Waals surface area contributed by atoms with E-state index in [2.05, 4.69) is 41.5 Å². The predicted octanol–water partition coefficient (Wildman–Crippen LogP) is 1.84. The number of hydrogen-bond donors (Lipinski definition) is 1. The number of fused-ring (bicyclic) bond motifs is 1. The summed E-state index contributed by atoms with van der Waals surface area (Å²) >= 11 is 0. The first-order valence-electron chi connectivity index (χ1n) is 6.83. The standard InChI is InChI=1S/C15H22N2/c1-17-8-4-7-15(17)11-16-14-9-12-5-2-3-6-13(12)10-14/h2-3,5-6,14-16H,4,7-11H2,1H3. The van der Waals surface area contributed by atoms with Crippen molar-refractivity contribution in [1.82, 2.24) is 10.2 Å². The third-order valence-electron chi connectivity index (χ3n) is 4.36. The highest BCUT2D eigenvalue weighted by Gasteiger charge is 2.24. The van der Waals surface area contributed by atoms with Gasteiger partial charge >= 0.3 is 0 Å². The molecule has 2 aliphatic rings. The predicted molar refractivity (Wildman–Crippen MR) is 71.3 cm³/mol. The molecule has 0 spiro atoms. The van der Waals surface area contributed by atoms with Crippen molar-refractivity contribution in [3.63, 3.8) is 0 Å². The van der Waals surface area contributed by atoms with Gasteiger partial charge in [-0.05, 0) is 50.4 Å². The lowest BCUT2D eigenvalue weighted by Gasteiger charge is -2.22. The zero-order chi connectivity index (χ0) is 11.7. The quantitative estimate of drug-likeness (QED) is 0.852. The molecule has 92 valence electrons. The van der Waals surface area contributed by atoms with Crippen molar-refractivity contribution in [3.05, 3.63) is 35.4 Å². The van der Waals surface area contributed by atoms with E-state index in [-0.39, 0.29) is 0 Å². The molecule has 1 aromatic rings. The molecule has 17 heavy (non-hydrogen) atoms. The summed E-state index contributed by atoms with van der Waals surface area (Å²) in [5.41, 5.74) is 3.09. The van der Waals surface area contributed by atoms with Crippen LogP contribution in [0.4, 0.5) is 0 Å². The summed E-state index contributed by atoms with van der Waals surface area (Å²) in [6.45, 7) is 2.44. The molecule has 1 atom stereocenters. The van der Waals surface area contributed by atoms with Crippen molar-refractivity contribution in [3.8, 4) is 0 Å². The van der Waals surface area contributed by atoms with E-state index in [1.165, 1.54) is 32.2 Å². The molecule has 1 fully saturated rings. The number of benzene rings is 1. The lowest BCUT2D eigenvalue weighted by molar-refractivity contribution is 0.292. The second-order valence-corrected chi connectivity index (χ2v) is 5.56. The van der Waals surface area contributed by atoms with Crippen LogP contribution in [0.15, 0.2) is 24.3 Å². The smallest absolute Gasteiger partial charge is 0.0218 e. The zero-order valence-electron chi connectivity index (χ0n) is 10.7. The Morgan fingerprint density at radius 2 is 1.94 bits per heavy atom. The first-order chi connectivity index (χ1) is 8.33. The van der Waals surface area contributed by atoms with Crippen molar-refractivity contribution >= 4 is 0 Å². The summed E-state index contributed by atoms with van der Waals surface area (Å²) in [7, 11) is 2.25.